The lowest BCUT2D eigenvalue weighted by atomic mass is 10.1. The van der Waals surface area contributed by atoms with Gasteiger partial charge in [0, 0.05) is 12.1 Å². The second-order valence-corrected chi connectivity index (χ2v) is 9.41. The number of amides is 1. The molecule has 2 aromatic carbocycles. The summed E-state index contributed by atoms with van der Waals surface area (Å²) in [5, 5.41) is 2.91. The van der Waals surface area contributed by atoms with Gasteiger partial charge in [-0.1, -0.05) is 30.3 Å². The average molecular weight is 433 g/mol. The van der Waals surface area contributed by atoms with Crippen LogP contribution in [0.4, 0.5) is 5.69 Å². The molecule has 0 aromatic heterocycles. The van der Waals surface area contributed by atoms with Gasteiger partial charge in [0.2, 0.25) is 15.9 Å². The molecule has 0 bridgehead atoms. The molecule has 0 fully saturated rings. The Bertz CT molecular complexity index is 963. The Labute approximate surface area is 178 Å². The summed E-state index contributed by atoms with van der Waals surface area (Å²) in [4.78, 5) is 12.6. The number of carbonyl (C=O) groups excluding carboxylic acids is 1. The molecule has 2 aromatic rings. The first-order valence-corrected chi connectivity index (χ1v) is 11.7. The van der Waals surface area contributed by atoms with Gasteiger partial charge in [-0.25, -0.2) is 8.42 Å². The number of nitrogens with zero attached hydrogens (tertiary/aromatic N) is 1. The maximum Gasteiger partial charge on any atom is 0.240 e. The summed E-state index contributed by atoms with van der Waals surface area (Å²) < 4.78 is 37.5. The highest BCUT2D eigenvalue weighted by atomic mass is 32.2. The van der Waals surface area contributed by atoms with Gasteiger partial charge in [0.15, 0.2) is 11.5 Å². The van der Waals surface area contributed by atoms with Gasteiger partial charge in [-0.3, -0.25) is 9.10 Å². The summed E-state index contributed by atoms with van der Waals surface area (Å²) in [6.45, 7) is 4.04. The van der Waals surface area contributed by atoms with Crippen LogP contribution in [-0.4, -0.2) is 45.9 Å². The average Bonchev–Trinajstić information content (AvgIpc) is 2.76. The summed E-state index contributed by atoms with van der Waals surface area (Å²) in [6, 6.07) is 14.9. The maximum atomic E-state index is 12.7. The highest BCUT2D eigenvalue weighted by Gasteiger charge is 2.25. The SMILES string of the molecule is CCS(=O)(=O)N(CC(=O)N[C@@H](C)CCc1ccccc1)c1ccc2c(c1)OCCO2. The molecule has 0 saturated heterocycles. The third-order valence-corrected chi connectivity index (χ3v) is 6.66. The van der Waals surface area contributed by atoms with Crippen molar-refractivity contribution < 1.29 is 22.7 Å². The van der Waals surface area contributed by atoms with Gasteiger partial charge in [-0.2, -0.15) is 0 Å². The fourth-order valence-corrected chi connectivity index (χ4v) is 4.30. The predicted octanol–water partition coefficient (Wildman–Crippen LogP) is 2.75. The van der Waals surface area contributed by atoms with Crippen LogP contribution in [0.2, 0.25) is 0 Å². The van der Waals surface area contributed by atoms with E-state index < -0.39 is 10.0 Å². The smallest absolute Gasteiger partial charge is 0.240 e. The highest BCUT2D eigenvalue weighted by molar-refractivity contribution is 7.92. The second kappa shape index (κ2) is 9.84. The summed E-state index contributed by atoms with van der Waals surface area (Å²) in [5.41, 5.74) is 1.58. The molecule has 3 rings (SSSR count). The molecule has 7 nitrogen and oxygen atoms in total. The molecule has 0 spiro atoms. The van der Waals surface area contributed by atoms with E-state index >= 15 is 0 Å². The molecule has 0 saturated carbocycles. The number of ether oxygens (including phenoxy) is 2. The number of carbonyl (C=O) groups is 1. The van der Waals surface area contributed by atoms with E-state index in [-0.39, 0.29) is 24.2 Å². The standard InChI is InChI=1S/C22H28N2O5S/c1-3-30(26,27)24(19-11-12-20-21(15-19)29-14-13-28-20)16-22(25)23-17(2)9-10-18-7-5-4-6-8-18/h4-8,11-12,15,17H,3,9-10,13-14,16H2,1-2H3,(H,23,25)/t17-/m0/s1. The first-order valence-electron chi connectivity index (χ1n) is 10.1. The van der Waals surface area contributed by atoms with Crippen molar-refractivity contribution in [1.29, 1.82) is 0 Å². The molecule has 1 N–H and O–H groups in total. The Kier molecular flexibility index (Phi) is 7.20. The highest BCUT2D eigenvalue weighted by Crippen LogP contribution is 2.34. The minimum atomic E-state index is -3.65. The fourth-order valence-electron chi connectivity index (χ4n) is 3.24. The van der Waals surface area contributed by atoms with E-state index in [9.17, 15) is 13.2 Å². The number of nitrogens with one attached hydrogen (secondary N) is 1. The second-order valence-electron chi connectivity index (χ2n) is 7.23. The molecule has 0 unspecified atom stereocenters. The van der Waals surface area contributed by atoms with E-state index in [1.165, 1.54) is 5.56 Å². The Morgan fingerprint density at radius 2 is 1.80 bits per heavy atom. The molecule has 162 valence electrons. The van der Waals surface area contributed by atoms with Crippen LogP contribution in [0.15, 0.2) is 48.5 Å². The van der Waals surface area contributed by atoms with Crippen molar-refractivity contribution in [3.8, 4) is 11.5 Å². The lowest BCUT2D eigenvalue weighted by Crippen LogP contribution is -2.44. The molecule has 1 atom stereocenters. The van der Waals surface area contributed by atoms with E-state index in [0.717, 1.165) is 17.1 Å². The Morgan fingerprint density at radius 1 is 1.10 bits per heavy atom. The molecule has 8 heteroatoms. The Balaban J connectivity index is 1.67. The van der Waals surface area contributed by atoms with Crippen molar-refractivity contribution in [2.45, 2.75) is 32.7 Å². The minimum absolute atomic E-state index is 0.0795. The number of hydrogen-bond donors (Lipinski definition) is 1. The lowest BCUT2D eigenvalue weighted by Gasteiger charge is -2.26. The third kappa shape index (κ3) is 5.66. The van der Waals surface area contributed by atoms with Crippen LogP contribution in [0.3, 0.4) is 0 Å². The van der Waals surface area contributed by atoms with Crippen LogP contribution in [0.1, 0.15) is 25.8 Å². The Hall–Kier alpha value is -2.74. The predicted molar refractivity (Wildman–Crippen MR) is 117 cm³/mol. The van der Waals surface area contributed by atoms with Gasteiger partial charge >= 0.3 is 0 Å². The van der Waals surface area contributed by atoms with E-state index in [0.29, 0.717) is 30.4 Å². The van der Waals surface area contributed by atoms with E-state index in [1.54, 1.807) is 25.1 Å². The number of fused-ring (bicyclic) bond motifs is 1. The van der Waals surface area contributed by atoms with Crippen molar-refractivity contribution in [2.75, 3.05) is 29.8 Å². The van der Waals surface area contributed by atoms with Crippen LogP contribution in [-0.2, 0) is 21.2 Å². The minimum Gasteiger partial charge on any atom is -0.486 e. The topological polar surface area (TPSA) is 84.9 Å². The summed E-state index contributed by atoms with van der Waals surface area (Å²) in [6.07, 6.45) is 1.60. The molecule has 0 radical (unpaired) electrons. The molecular formula is C22H28N2O5S. The first-order chi connectivity index (χ1) is 14.4. The maximum absolute atomic E-state index is 12.7. The molecule has 1 aliphatic rings. The zero-order valence-electron chi connectivity index (χ0n) is 17.3. The van der Waals surface area contributed by atoms with Gasteiger partial charge in [-0.05, 0) is 44.4 Å². The van der Waals surface area contributed by atoms with Crippen molar-refractivity contribution in [2.24, 2.45) is 0 Å². The normalized spacial score (nSPS) is 14.1. The number of rotatable bonds is 9. The molecule has 0 aliphatic carbocycles. The van der Waals surface area contributed by atoms with Crippen LogP contribution in [0, 0.1) is 0 Å². The van der Waals surface area contributed by atoms with Crippen molar-refractivity contribution >= 4 is 21.6 Å². The number of sulfonamides is 1. The third-order valence-electron chi connectivity index (χ3n) is 4.92. The Morgan fingerprint density at radius 3 is 2.50 bits per heavy atom. The van der Waals surface area contributed by atoms with Crippen LogP contribution >= 0.6 is 0 Å². The van der Waals surface area contributed by atoms with Crippen LogP contribution < -0.4 is 19.1 Å². The van der Waals surface area contributed by atoms with Crippen molar-refractivity contribution in [1.82, 2.24) is 5.32 Å². The number of benzene rings is 2. The summed E-state index contributed by atoms with van der Waals surface area (Å²) >= 11 is 0. The quantitative estimate of drug-likeness (QED) is 0.659. The summed E-state index contributed by atoms with van der Waals surface area (Å²) in [5.74, 6) is 0.588. The fraction of sp³-hybridized carbons (Fsp3) is 0.409. The largest absolute Gasteiger partial charge is 0.486 e. The number of hydrogen-bond acceptors (Lipinski definition) is 5. The first kappa shape index (κ1) is 22.0. The van der Waals surface area contributed by atoms with Gasteiger partial charge in [-0.15, -0.1) is 0 Å². The molecule has 1 heterocycles. The summed E-state index contributed by atoms with van der Waals surface area (Å²) in [7, 11) is -3.65. The van der Waals surface area contributed by atoms with Crippen molar-refractivity contribution in [3.05, 3.63) is 54.1 Å². The molecular weight excluding hydrogens is 404 g/mol. The zero-order chi connectivity index (χ0) is 21.6. The van der Waals surface area contributed by atoms with E-state index in [2.05, 4.69) is 5.32 Å². The molecule has 1 amide bonds. The van der Waals surface area contributed by atoms with Crippen LogP contribution in [0.25, 0.3) is 0 Å². The lowest BCUT2D eigenvalue weighted by molar-refractivity contribution is -0.120. The van der Waals surface area contributed by atoms with Gasteiger partial charge in [0.1, 0.15) is 19.8 Å². The zero-order valence-corrected chi connectivity index (χ0v) is 18.2. The van der Waals surface area contributed by atoms with E-state index in [1.807, 2.05) is 37.3 Å². The number of anilines is 1. The van der Waals surface area contributed by atoms with Gasteiger partial charge in [0.25, 0.3) is 0 Å². The van der Waals surface area contributed by atoms with Crippen molar-refractivity contribution in [3.63, 3.8) is 0 Å². The van der Waals surface area contributed by atoms with Gasteiger partial charge < -0.3 is 14.8 Å². The van der Waals surface area contributed by atoms with E-state index in [4.69, 9.17) is 9.47 Å². The molecule has 1 aliphatic heterocycles. The number of aryl methyl sites for hydroxylation is 1. The van der Waals surface area contributed by atoms with Crippen LogP contribution in [0.5, 0.6) is 11.5 Å². The monoisotopic (exact) mass is 432 g/mol. The molecule has 30 heavy (non-hydrogen) atoms. The van der Waals surface area contributed by atoms with Gasteiger partial charge in [0.05, 0.1) is 11.4 Å².